The second-order valence-electron chi connectivity index (χ2n) is 5.22. The van der Waals surface area contributed by atoms with Gasteiger partial charge < -0.3 is 15.2 Å². The van der Waals surface area contributed by atoms with E-state index in [2.05, 4.69) is 38.1 Å². The van der Waals surface area contributed by atoms with E-state index in [4.69, 9.17) is 15.2 Å². The van der Waals surface area contributed by atoms with Gasteiger partial charge in [-0.3, -0.25) is 0 Å². The normalized spacial score (nSPS) is 12.9. The number of rotatable bonds is 9. The van der Waals surface area contributed by atoms with Gasteiger partial charge in [-0.2, -0.15) is 0 Å². The van der Waals surface area contributed by atoms with E-state index in [1.165, 1.54) is 5.56 Å². The summed E-state index contributed by atoms with van der Waals surface area (Å²) < 4.78 is 10.7. The van der Waals surface area contributed by atoms with Gasteiger partial charge in [0.05, 0.1) is 25.9 Å². The molecule has 0 aliphatic rings. The molecule has 108 valence electrons. The van der Waals surface area contributed by atoms with Gasteiger partial charge in [0.2, 0.25) is 0 Å². The van der Waals surface area contributed by atoms with Crippen LogP contribution < -0.4 is 5.73 Å². The fraction of sp³-hybridized carbons (Fsp3) is 0.625. The van der Waals surface area contributed by atoms with E-state index in [0.717, 1.165) is 18.6 Å². The van der Waals surface area contributed by atoms with Gasteiger partial charge in [0, 0.05) is 6.61 Å². The maximum absolute atomic E-state index is 6.10. The smallest absolute Gasteiger partial charge is 0.0701 e. The van der Waals surface area contributed by atoms with Gasteiger partial charge in [-0.25, -0.2) is 0 Å². The van der Waals surface area contributed by atoms with Gasteiger partial charge >= 0.3 is 0 Å². The van der Waals surface area contributed by atoms with Crippen LogP contribution in [-0.4, -0.2) is 26.4 Å². The Morgan fingerprint density at radius 1 is 1.05 bits per heavy atom. The first-order valence-electron chi connectivity index (χ1n) is 7.13. The molecule has 0 radical (unpaired) electrons. The Balaban J connectivity index is 2.33. The Morgan fingerprint density at radius 3 is 2.26 bits per heavy atom. The van der Waals surface area contributed by atoms with E-state index in [1.54, 1.807) is 0 Å². The zero-order chi connectivity index (χ0) is 14.1. The van der Waals surface area contributed by atoms with Crippen molar-refractivity contribution in [1.29, 1.82) is 0 Å². The third kappa shape index (κ3) is 6.71. The predicted octanol–water partition coefficient (Wildman–Crippen LogP) is 2.94. The average Bonchev–Trinajstić information content (AvgIpc) is 2.38. The first kappa shape index (κ1) is 16.2. The van der Waals surface area contributed by atoms with Gasteiger partial charge in [0.15, 0.2) is 0 Å². The zero-order valence-corrected chi connectivity index (χ0v) is 12.4. The summed E-state index contributed by atoms with van der Waals surface area (Å²) in [7, 11) is 0. The summed E-state index contributed by atoms with van der Waals surface area (Å²) in [5.74, 6) is 0.682. The Kier molecular flexibility index (Phi) is 7.72. The van der Waals surface area contributed by atoms with Crippen LogP contribution in [0.5, 0.6) is 0 Å². The minimum absolute atomic E-state index is 0.0604. The minimum Gasteiger partial charge on any atom is -0.379 e. The Morgan fingerprint density at radius 2 is 1.68 bits per heavy atom. The first-order chi connectivity index (χ1) is 9.13. The molecular weight excluding hydrogens is 238 g/mol. The first-order valence-corrected chi connectivity index (χ1v) is 7.13. The number of nitrogens with two attached hydrogens (primary N) is 1. The topological polar surface area (TPSA) is 44.5 Å². The second-order valence-corrected chi connectivity index (χ2v) is 5.22. The van der Waals surface area contributed by atoms with Crippen molar-refractivity contribution in [2.45, 2.75) is 33.2 Å². The maximum atomic E-state index is 6.10. The SMILES string of the molecule is CCOCCOCC(N)c1ccc(CC(C)C)cc1. The summed E-state index contributed by atoms with van der Waals surface area (Å²) in [6.45, 7) is 8.94. The van der Waals surface area contributed by atoms with Gasteiger partial charge in [-0.05, 0) is 30.4 Å². The Hall–Kier alpha value is -0.900. The molecule has 1 rings (SSSR count). The van der Waals surface area contributed by atoms with Crippen LogP contribution in [-0.2, 0) is 15.9 Å². The third-order valence-corrected chi connectivity index (χ3v) is 2.93. The van der Waals surface area contributed by atoms with Gasteiger partial charge in [-0.15, -0.1) is 0 Å². The molecule has 0 amide bonds. The maximum Gasteiger partial charge on any atom is 0.0701 e. The van der Waals surface area contributed by atoms with Crippen LogP contribution in [0.3, 0.4) is 0 Å². The lowest BCUT2D eigenvalue weighted by Gasteiger charge is -2.13. The molecule has 1 aromatic rings. The minimum atomic E-state index is -0.0604. The van der Waals surface area contributed by atoms with Crippen molar-refractivity contribution in [2.75, 3.05) is 26.4 Å². The Bertz CT molecular complexity index is 335. The van der Waals surface area contributed by atoms with Crippen LogP contribution in [0.1, 0.15) is 37.9 Å². The molecule has 0 spiro atoms. The van der Waals surface area contributed by atoms with Crippen molar-refractivity contribution in [3.05, 3.63) is 35.4 Å². The van der Waals surface area contributed by atoms with E-state index in [1.807, 2.05) is 6.92 Å². The fourth-order valence-electron chi connectivity index (χ4n) is 1.94. The molecule has 2 N–H and O–H groups in total. The highest BCUT2D eigenvalue weighted by atomic mass is 16.5. The number of hydrogen-bond donors (Lipinski definition) is 1. The van der Waals surface area contributed by atoms with Crippen molar-refractivity contribution >= 4 is 0 Å². The van der Waals surface area contributed by atoms with Crippen LogP contribution in [0, 0.1) is 5.92 Å². The largest absolute Gasteiger partial charge is 0.379 e. The van der Waals surface area contributed by atoms with E-state index in [-0.39, 0.29) is 6.04 Å². The highest BCUT2D eigenvalue weighted by molar-refractivity contribution is 5.25. The quantitative estimate of drug-likeness (QED) is 0.698. The van der Waals surface area contributed by atoms with Crippen molar-refractivity contribution in [3.8, 4) is 0 Å². The number of hydrogen-bond acceptors (Lipinski definition) is 3. The summed E-state index contributed by atoms with van der Waals surface area (Å²) in [4.78, 5) is 0. The van der Waals surface area contributed by atoms with Crippen LogP contribution >= 0.6 is 0 Å². The molecule has 0 heterocycles. The van der Waals surface area contributed by atoms with Gasteiger partial charge in [-0.1, -0.05) is 38.1 Å². The summed E-state index contributed by atoms with van der Waals surface area (Å²) in [6, 6.07) is 8.47. The lowest BCUT2D eigenvalue weighted by molar-refractivity contribution is 0.0473. The van der Waals surface area contributed by atoms with E-state index in [0.29, 0.717) is 25.7 Å². The molecule has 1 aromatic carbocycles. The van der Waals surface area contributed by atoms with Crippen LogP contribution in [0.4, 0.5) is 0 Å². The van der Waals surface area contributed by atoms with E-state index < -0.39 is 0 Å². The Labute approximate surface area is 117 Å². The molecule has 1 atom stereocenters. The van der Waals surface area contributed by atoms with Crippen molar-refractivity contribution in [1.82, 2.24) is 0 Å². The second kappa shape index (κ2) is 9.08. The standard InChI is InChI=1S/C16H27NO2/c1-4-18-9-10-19-12-16(17)15-7-5-14(6-8-15)11-13(2)3/h5-8,13,16H,4,9-12,17H2,1-3H3. The fourth-order valence-corrected chi connectivity index (χ4v) is 1.94. The van der Waals surface area contributed by atoms with Crippen LogP contribution in [0.25, 0.3) is 0 Å². The summed E-state index contributed by atoms with van der Waals surface area (Å²) >= 11 is 0. The summed E-state index contributed by atoms with van der Waals surface area (Å²) in [6.07, 6.45) is 1.11. The highest BCUT2D eigenvalue weighted by Crippen LogP contribution is 2.14. The summed E-state index contributed by atoms with van der Waals surface area (Å²) in [5.41, 5.74) is 8.59. The van der Waals surface area contributed by atoms with Crippen molar-refractivity contribution in [3.63, 3.8) is 0 Å². The lowest BCUT2D eigenvalue weighted by Crippen LogP contribution is -2.18. The molecule has 0 aliphatic carbocycles. The number of benzene rings is 1. The molecule has 0 aromatic heterocycles. The predicted molar refractivity (Wildman–Crippen MR) is 79.2 cm³/mol. The molecular formula is C16H27NO2. The molecule has 0 saturated carbocycles. The zero-order valence-electron chi connectivity index (χ0n) is 12.4. The molecule has 0 saturated heterocycles. The monoisotopic (exact) mass is 265 g/mol. The van der Waals surface area contributed by atoms with Crippen LogP contribution in [0.2, 0.25) is 0 Å². The molecule has 0 aliphatic heterocycles. The van der Waals surface area contributed by atoms with Crippen LogP contribution in [0.15, 0.2) is 24.3 Å². The molecule has 0 fully saturated rings. The van der Waals surface area contributed by atoms with Crippen molar-refractivity contribution in [2.24, 2.45) is 11.7 Å². The van der Waals surface area contributed by atoms with E-state index >= 15 is 0 Å². The van der Waals surface area contributed by atoms with E-state index in [9.17, 15) is 0 Å². The molecule has 19 heavy (non-hydrogen) atoms. The summed E-state index contributed by atoms with van der Waals surface area (Å²) in [5, 5.41) is 0. The molecule has 0 bridgehead atoms. The number of ether oxygens (including phenoxy) is 2. The van der Waals surface area contributed by atoms with Gasteiger partial charge in [0.1, 0.15) is 0 Å². The molecule has 1 unspecified atom stereocenters. The van der Waals surface area contributed by atoms with Crippen molar-refractivity contribution < 1.29 is 9.47 Å². The average molecular weight is 265 g/mol. The van der Waals surface area contributed by atoms with Gasteiger partial charge in [0.25, 0.3) is 0 Å². The molecule has 3 nitrogen and oxygen atoms in total. The molecule has 3 heteroatoms. The highest BCUT2D eigenvalue weighted by Gasteiger charge is 2.06. The lowest BCUT2D eigenvalue weighted by atomic mass is 10.00. The third-order valence-electron chi connectivity index (χ3n) is 2.93.